The standard InChI is InChI=1S/C18H22N4O2S/c1-12(2)25-18-19-15-14(16(23)20-17(24)21(15)3)22(18)11-7-10-13-8-5-4-6-9-13/h4-6,8-9,12H,7,10-11H2,1-3H3,(H,20,23,24). The molecule has 0 aliphatic heterocycles. The Labute approximate surface area is 149 Å². The first-order chi connectivity index (χ1) is 12.0. The van der Waals surface area contributed by atoms with E-state index in [0.29, 0.717) is 23.0 Å². The van der Waals surface area contributed by atoms with Crippen LogP contribution in [0, 0.1) is 0 Å². The lowest BCUT2D eigenvalue weighted by Crippen LogP contribution is -2.29. The number of fused-ring (bicyclic) bond motifs is 1. The zero-order valence-corrected chi connectivity index (χ0v) is 15.5. The van der Waals surface area contributed by atoms with Crippen molar-refractivity contribution in [3.05, 3.63) is 56.7 Å². The van der Waals surface area contributed by atoms with Crippen LogP contribution in [0.3, 0.4) is 0 Å². The highest BCUT2D eigenvalue weighted by Gasteiger charge is 2.18. The molecule has 0 radical (unpaired) electrons. The van der Waals surface area contributed by atoms with E-state index in [9.17, 15) is 9.59 Å². The number of aromatic nitrogens is 4. The van der Waals surface area contributed by atoms with Crippen molar-refractivity contribution in [2.45, 2.75) is 43.6 Å². The van der Waals surface area contributed by atoms with Crippen LogP contribution < -0.4 is 11.2 Å². The summed E-state index contributed by atoms with van der Waals surface area (Å²) >= 11 is 1.60. The monoisotopic (exact) mass is 358 g/mol. The second-order valence-electron chi connectivity index (χ2n) is 6.29. The van der Waals surface area contributed by atoms with E-state index < -0.39 is 5.69 Å². The summed E-state index contributed by atoms with van der Waals surface area (Å²) in [6.45, 7) is 4.85. The van der Waals surface area contributed by atoms with Crippen molar-refractivity contribution in [2.75, 3.05) is 0 Å². The van der Waals surface area contributed by atoms with Crippen molar-refractivity contribution in [1.29, 1.82) is 0 Å². The number of rotatable bonds is 6. The molecule has 0 spiro atoms. The van der Waals surface area contributed by atoms with Gasteiger partial charge in [0.05, 0.1) is 0 Å². The fraction of sp³-hybridized carbons (Fsp3) is 0.389. The minimum Gasteiger partial charge on any atom is -0.313 e. The number of hydrogen-bond donors (Lipinski definition) is 1. The Morgan fingerprint density at radius 1 is 1.20 bits per heavy atom. The first-order valence-electron chi connectivity index (χ1n) is 8.37. The molecular weight excluding hydrogens is 336 g/mol. The van der Waals surface area contributed by atoms with Crippen LogP contribution in [0.2, 0.25) is 0 Å². The van der Waals surface area contributed by atoms with E-state index in [-0.39, 0.29) is 5.56 Å². The fourth-order valence-electron chi connectivity index (χ4n) is 2.81. The average molecular weight is 358 g/mol. The maximum atomic E-state index is 12.4. The zero-order chi connectivity index (χ0) is 18.0. The van der Waals surface area contributed by atoms with Crippen LogP contribution in [-0.2, 0) is 20.0 Å². The summed E-state index contributed by atoms with van der Waals surface area (Å²) in [6.07, 6.45) is 1.82. The number of imidazole rings is 1. The number of hydrogen-bond acceptors (Lipinski definition) is 4. The molecule has 6 nitrogen and oxygen atoms in total. The van der Waals surface area contributed by atoms with Crippen LogP contribution in [0.5, 0.6) is 0 Å². The molecule has 0 aliphatic rings. The molecule has 0 saturated carbocycles. The molecule has 132 valence electrons. The summed E-state index contributed by atoms with van der Waals surface area (Å²) < 4.78 is 3.34. The van der Waals surface area contributed by atoms with Gasteiger partial charge >= 0.3 is 5.69 Å². The molecule has 0 amide bonds. The first kappa shape index (κ1) is 17.5. The Morgan fingerprint density at radius 3 is 2.60 bits per heavy atom. The number of nitrogens with one attached hydrogen (secondary N) is 1. The van der Waals surface area contributed by atoms with Crippen molar-refractivity contribution in [3.63, 3.8) is 0 Å². The van der Waals surface area contributed by atoms with Gasteiger partial charge in [0.25, 0.3) is 5.56 Å². The highest BCUT2D eigenvalue weighted by molar-refractivity contribution is 7.99. The summed E-state index contributed by atoms with van der Waals surface area (Å²) in [5, 5.41) is 1.12. The van der Waals surface area contributed by atoms with E-state index in [1.165, 1.54) is 10.1 Å². The van der Waals surface area contributed by atoms with Crippen molar-refractivity contribution < 1.29 is 0 Å². The summed E-state index contributed by atoms with van der Waals surface area (Å²) in [6, 6.07) is 10.3. The molecule has 25 heavy (non-hydrogen) atoms. The van der Waals surface area contributed by atoms with Crippen molar-refractivity contribution in [1.82, 2.24) is 19.1 Å². The lowest BCUT2D eigenvalue weighted by atomic mass is 10.1. The molecule has 1 N–H and O–H groups in total. The van der Waals surface area contributed by atoms with Crippen LogP contribution in [0.4, 0.5) is 0 Å². The highest BCUT2D eigenvalue weighted by atomic mass is 32.2. The summed E-state index contributed by atoms with van der Waals surface area (Å²) in [7, 11) is 1.63. The van der Waals surface area contributed by atoms with Crippen LogP contribution >= 0.6 is 11.8 Å². The van der Waals surface area contributed by atoms with Gasteiger partial charge in [-0.2, -0.15) is 0 Å². The van der Waals surface area contributed by atoms with E-state index in [2.05, 4.69) is 35.9 Å². The lowest BCUT2D eigenvalue weighted by molar-refractivity contribution is 0.608. The van der Waals surface area contributed by atoms with E-state index in [1.807, 2.05) is 22.8 Å². The molecule has 2 aromatic heterocycles. The molecule has 3 rings (SSSR count). The molecule has 7 heteroatoms. The van der Waals surface area contributed by atoms with Gasteiger partial charge in [-0.3, -0.25) is 14.3 Å². The second kappa shape index (κ2) is 7.31. The van der Waals surface area contributed by atoms with Gasteiger partial charge in [-0.15, -0.1) is 0 Å². The van der Waals surface area contributed by atoms with Gasteiger partial charge < -0.3 is 4.57 Å². The molecular formula is C18H22N4O2S. The molecule has 0 saturated heterocycles. The van der Waals surface area contributed by atoms with Gasteiger partial charge in [0.2, 0.25) is 0 Å². The lowest BCUT2D eigenvalue weighted by Gasteiger charge is -2.10. The van der Waals surface area contributed by atoms with Crippen molar-refractivity contribution in [2.24, 2.45) is 7.05 Å². The normalized spacial score (nSPS) is 11.5. The molecule has 0 atom stereocenters. The second-order valence-corrected chi connectivity index (χ2v) is 7.84. The summed E-state index contributed by atoms with van der Waals surface area (Å²) in [5.41, 5.74) is 1.37. The maximum absolute atomic E-state index is 12.4. The number of aromatic amines is 1. The third-order valence-corrected chi connectivity index (χ3v) is 5.00. The Morgan fingerprint density at radius 2 is 1.92 bits per heavy atom. The first-order valence-corrected chi connectivity index (χ1v) is 9.25. The van der Waals surface area contributed by atoms with Gasteiger partial charge in [-0.25, -0.2) is 9.78 Å². The van der Waals surface area contributed by atoms with Gasteiger partial charge in [0.1, 0.15) is 0 Å². The molecule has 0 bridgehead atoms. The Kier molecular flexibility index (Phi) is 5.13. The highest BCUT2D eigenvalue weighted by Crippen LogP contribution is 2.25. The quantitative estimate of drug-likeness (QED) is 0.688. The molecule has 3 aromatic rings. The van der Waals surface area contributed by atoms with E-state index >= 15 is 0 Å². The number of thioether (sulfide) groups is 1. The predicted octanol–water partition coefficient (Wildman–Crippen LogP) is 2.56. The average Bonchev–Trinajstić information content (AvgIpc) is 2.92. The maximum Gasteiger partial charge on any atom is 0.329 e. The van der Waals surface area contributed by atoms with Crippen molar-refractivity contribution >= 4 is 22.9 Å². The van der Waals surface area contributed by atoms with Crippen LogP contribution in [0.15, 0.2) is 45.1 Å². The predicted molar refractivity (Wildman–Crippen MR) is 101 cm³/mol. The largest absolute Gasteiger partial charge is 0.329 e. The smallest absolute Gasteiger partial charge is 0.313 e. The number of aryl methyl sites for hydroxylation is 3. The molecule has 1 aromatic carbocycles. The van der Waals surface area contributed by atoms with Gasteiger partial charge in [0.15, 0.2) is 16.3 Å². The fourth-order valence-corrected chi connectivity index (χ4v) is 3.68. The minimum absolute atomic E-state index is 0.334. The Bertz CT molecular complexity index is 986. The van der Waals surface area contributed by atoms with E-state index in [1.54, 1.807) is 18.8 Å². The Balaban J connectivity index is 1.97. The van der Waals surface area contributed by atoms with Crippen molar-refractivity contribution in [3.8, 4) is 0 Å². The van der Waals surface area contributed by atoms with Gasteiger partial charge in [-0.1, -0.05) is 55.9 Å². The topological polar surface area (TPSA) is 72.7 Å². The summed E-state index contributed by atoms with van der Waals surface area (Å²) in [4.78, 5) is 31.2. The SMILES string of the molecule is CC(C)Sc1nc2c(c(=O)[nH]c(=O)n2C)n1CCCc1ccccc1. The minimum atomic E-state index is -0.437. The van der Waals surface area contributed by atoms with Crippen LogP contribution in [-0.4, -0.2) is 24.4 Å². The van der Waals surface area contributed by atoms with E-state index in [0.717, 1.165) is 18.0 Å². The molecule has 0 unspecified atom stereocenters. The summed E-state index contributed by atoms with van der Waals surface area (Å²) in [5.74, 6) is 0. The number of H-pyrrole nitrogens is 1. The third kappa shape index (κ3) is 3.71. The zero-order valence-electron chi connectivity index (χ0n) is 14.7. The van der Waals surface area contributed by atoms with Gasteiger partial charge in [0, 0.05) is 18.8 Å². The molecule has 2 heterocycles. The Hall–Kier alpha value is -2.28. The molecule has 0 fully saturated rings. The van der Waals surface area contributed by atoms with Crippen LogP contribution in [0.25, 0.3) is 11.2 Å². The number of benzene rings is 1. The third-order valence-electron chi connectivity index (χ3n) is 4.00. The van der Waals surface area contributed by atoms with Crippen LogP contribution in [0.1, 0.15) is 25.8 Å². The van der Waals surface area contributed by atoms with E-state index in [4.69, 9.17) is 0 Å². The van der Waals surface area contributed by atoms with Gasteiger partial charge in [-0.05, 0) is 18.4 Å². The molecule has 0 aliphatic carbocycles. The number of nitrogens with zero attached hydrogens (tertiary/aromatic N) is 3.